The molecule has 1 aromatic carbocycles. The van der Waals surface area contributed by atoms with E-state index in [0.29, 0.717) is 5.30 Å². The molecule has 0 aliphatic carbocycles. The average molecular weight is 289 g/mol. The van der Waals surface area contributed by atoms with Gasteiger partial charge in [-0.25, -0.2) is 0 Å². The molecule has 6 heteroatoms. The Kier molecular flexibility index (Phi) is 4.00. The molecule has 1 unspecified atom stereocenters. The van der Waals surface area contributed by atoms with Crippen LogP contribution in [-0.4, -0.2) is 17.4 Å². The third-order valence-corrected chi connectivity index (χ3v) is 4.96. The van der Waals surface area contributed by atoms with Crippen LogP contribution in [0.1, 0.15) is 6.92 Å². The first-order valence-corrected chi connectivity index (χ1v) is 6.57. The first-order valence-electron chi connectivity index (χ1n) is 4.15. The fraction of sp³-hybridized carbons (Fsp3) is 0.222. The fourth-order valence-electron chi connectivity index (χ4n) is 1.12. The van der Waals surface area contributed by atoms with Crippen molar-refractivity contribution in [1.29, 1.82) is 0 Å². The number of nitrogens with zero attached hydrogens (tertiary/aromatic N) is 2. The van der Waals surface area contributed by atoms with Crippen LogP contribution in [0.5, 0.6) is 0 Å². The maximum absolute atomic E-state index is 12.3. The molecule has 15 heavy (non-hydrogen) atoms. The van der Waals surface area contributed by atoms with E-state index in [1.165, 1.54) is 14.0 Å². The van der Waals surface area contributed by atoms with Gasteiger partial charge in [0.05, 0.1) is 0 Å². The van der Waals surface area contributed by atoms with Crippen LogP contribution < -0.4 is 5.30 Å². The second-order valence-electron chi connectivity index (χ2n) is 2.86. The molecule has 0 aromatic heterocycles. The lowest BCUT2D eigenvalue weighted by Crippen LogP contribution is -2.12. The van der Waals surface area contributed by atoms with Crippen molar-refractivity contribution in [2.75, 3.05) is 7.11 Å². The van der Waals surface area contributed by atoms with Gasteiger partial charge in [0.1, 0.15) is 0 Å². The highest BCUT2D eigenvalue weighted by Crippen LogP contribution is 2.45. The fourth-order valence-corrected chi connectivity index (χ4v) is 2.89. The summed E-state index contributed by atoms with van der Waals surface area (Å²) < 4.78 is 18.1. The highest BCUT2D eigenvalue weighted by Gasteiger charge is 2.35. The second kappa shape index (κ2) is 4.86. The summed E-state index contributed by atoms with van der Waals surface area (Å²) in [6.07, 6.45) is 0. The van der Waals surface area contributed by atoms with Gasteiger partial charge in [-0.3, -0.25) is 4.57 Å². The summed E-state index contributed by atoms with van der Waals surface area (Å²) >= 11 is 3.28. The Labute approximate surface area is 96.5 Å². The minimum atomic E-state index is -3.18. The predicted octanol–water partition coefficient (Wildman–Crippen LogP) is 2.65. The molecule has 0 aliphatic rings. The van der Waals surface area contributed by atoms with Gasteiger partial charge < -0.3 is 10.1 Å². The van der Waals surface area contributed by atoms with Gasteiger partial charge in [-0.15, -0.1) is 0 Å². The monoisotopic (exact) mass is 288 g/mol. The van der Waals surface area contributed by atoms with Crippen LogP contribution >= 0.6 is 23.3 Å². The molecule has 0 bridgehead atoms. The van der Waals surface area contributed by atoms with Crippen LogP contribution in [0.3, 0.4) is 0 Å². The van der Waals surface area contributed by atoms with Crippen LogP contribution in [-0.2, 0) is 9.09 Å². The lowest BCUT2D eigenvalue weighted by atomic mass is 10.4. The number of hydrogen-bond acceptors (Lipinski definition) is 2. The van der Waals surface area contributed by atoms with E-state index in [0.717, 1.165) is 4.47 Å². The lowest BCUT2D eigenvalue weighted by molar-refractivity contribution is -0.00213. The summed E-state index contributed by atoms with van der Waals surface area (Å²) in [6, 6.07) is 6.85. The molecule has 0 N–H and O–H groups in total. The van der Waals surface area contributed by atoms with Gasteiger partial charge >= 0.3 is 12.8 Å². The van der Waals surface area contributed by atoms with Gasteiger partial charge in [-0.05, 0) is 24.3 Å². The molecule has 0 heterocycles. The van der Waals surface area contributed by atoms with E-state index >= 15 is 0 Å². The Bertz CT molecular complexity index is 452. The normalized spacial score (nSPS) is 14.1. The minimum Gasteiger partial charge on any atom is -0.361 e. The van der Waals surface area contributed by atoms with Crippen LogP contribution in [0.15, 0.2) is 28.7 Å². The molecule has 0 radical (unpaired) electrons. The van der Waals surface area contributed by atoms with E-state index in [1.54, 1.807) is 24.3 Å². The van der Waals surface area contributed by atoms with Crippen molar-refractivity contribution in [3.8, 4) is 0 Å². The number of benzene rings is 1. The summed E-state index contributed by atoms with van der Waals surface area (Å²) in [7, 11) is -1.85. The zero-order valence-electron chi connectivity index (χ0n) is 8.35. The average Bonchev–Trinajstić information content (AvgIpc) is 2.27. The van der Waals surface area contributed by atoms with Gasteiger partial charge in [0.15, 0.2) is 0 Å². The molecule has 0 aliphatic heterocycles. The molecular weight excluding hydrogens is 279 g/mol. The smallest absolute Gasteiger partial charge is 0.352 e. The first-order chi connectivity index (χ1) is 7.04. The van der Waals surface area contributed by atoms with E-state index < -0.39 is 7.37 Å². The number of hydrogen-bond donors (Lipinski definition) is 0. The highest BCUT2D eigenvalue weighted by atomic mass is 79.9. The molecule has 0 saturated heterocycles. The van der Waals surface area contributed by atoms with Crippen molar-refractivity contribution in [2.24, 2.45) is 0 Å². The number of rotatable bonds is 3. The molecule has 1 atom stereocenters. The molecule has 0 saturated carbocycles. The second-order valence-corrected chi connectivity index (χ2v) is 6.41. The molecule has 4 nitrogen and oxygen atoms in total. The van der Waals surface area contributed by atoms with Crippen molar-refractivity contribution in [2.45, 2.75) is 6.92 Å². The third-order valence-electron chi connectivity index (χ3n) is 1.99. The zero-order chi connectivity index (χ0) is 11.5. The van der Waals surface area contributed by atoms with Crippen molar-refractivity contribution < 1.29 is 13.9 Å². The largest absolute Gasteiger partial charge is 0.361 e. The van der Waals surface area contributed by atoms with Gasteiger partial charge in [0.2, 0.25) is 0 Å². The summed E-state index contributed by atoms with van der Waals surface area (Å²) in [5.41, 5.74) is 8.72. The molecule has 80 valence electrons. The number of halogens is 1. The molecule has 0 spiro atoms. The maximum Gasteiger partial charge on any atom is 0.352 e. The molecule has 0 fully saturated rings. The zero-order valence-corrected chi connectivity index (χ0v) is 10.8. The molecule has 1 aromatic rings. The quantitative estimate of drug-likeness (QED) is 0.371. The van der Waals surface area contributed by atoms with E-state index in [1.807, 2.05) is 0 Å². The van der Waals surface area contributed by atoms with Crippen molar-refractivity contribution in [3.63, 3.8) is 0 Å². The van der Waals surface area contributed by atoms with Crippen LogP contribution in [0.25, 0.3) is 5.53 Å². The Balaban J connectivity index is 3.30. The summed E-state index contributed by atoms with van der Waals surface area (Å²) in [5, 5.41) is 0.503. The highest BCUT2D eigenvalue weighted by molar-refractivity contribution is 9.10. The van der Waals surface area contributed by atoms with E-state index in [2.05, 4.69) is 20.7 Å². The van der Waals surface area contributed by atoms with Gasteiger partial charge in [0.25, 0.3) is 0 Å². The third kappa shape index (κ3) is 2.44. The van der Waals surface area contributed by atoms with Crippen LogP contribution in [0, 0.1) is 0 Å². The van der Waals surface area contributed by atoms with Crippen molar-refractivity contribution in [1.82, 2.24) is 0 Å². The summed E-state index contributed by atoms with van der Waals surface area (Å²) in [5.74, 6) is 0. The molecule has 1 rings (SSSR count). The standard InChI is InChI=1S/C9H10BrN2O2P/c1-7(12-11)15(13,14-2)9-5-3-8(10)4-6-9/h3-6H,1-2H3. The Morgan fingerprint density at radius 2 is 2.00 bits per heavy atom. The van der Waals surface area contributed by atoms with Crippen molar-refractivity contribution in [3.05, 3.63) is 34.3 Å². The maximum atomic E-state index is 12.3. The SMILES string of the molecule is COP(=O)(C(C)=[N+]=[N-])c1ccc(Br)cc1. The Morgan fingerprint density at radius 3 is 2.40 bits per heavy atom. The van der Waals surface area contributed by atoms with Gasteiger partial charge in [0, 0.05) is 23.8 Å². The van der Waals surface area contributed by atoms with E-state index in [4.69, 9.17) is 10.1 Å². The van der Waals surface area contributed by atoms with Gasteiger partial charge in [-0.1, -0.05) is 15.9 Å². The Hall–Kier alpha value is -0.730. The van der Waals surface area contributed by atoms with E-state index in [9.17, 15) is 4.57 Å². The van der Waals surface area contributed by atoms with E-state index in [-0.39, 0.29) is 5.45 Å². The Morgan fingerprint density at radius 1 is 1.47 bits per heavy atom. The first kappa shape index (κ1) is 12.3. The van der Waals surface area contributed by atoms with Gasteiger partial charge in [-0.2, -0.15) is 4.79 Å². The molecule has 0 amide bonds. The van der Waals surface area contributed by atoms with Crippen LogP contribution in [0.2, 0.25) is 0 Å². The summed E-state index contributed by atoms with van der Waals surface area (Å²) in [6.45, 7) is 1.46. The lowest BCUT2D eigenvalue weighted by Gasteiger charge is -2.09. The summed E-state index contributed by atoms with van der Waals surface area (Å²) in [4.78, 5) is 2.95. The molecular formula is C9H10BrN2O2P. The minimum absolute atomic E-state index is 0.0762. The van der Waals surface area contributed by atoms with Crippen LogP contribution in [0.4, 0.5) is 0 Å². The van der Waals surface area contributed by atoms with Crippen molar-refractivity contribution >= 4 is 34.1 Å². The topological polar surface area (TPSA) is 62.7 Å². The predicted molar refractivity (Wildman–Crippen MR) is 62.7 cm³/mol.